The van der Waals surface area contributed by atoms with Crippen LogP contribution < -0.4 is 5.56 Å². The molecule has 0 saturated heterocycles. The zero-order chi connectivity index (χ0) is 14.0. The molecule has 7 heteroatoms. The highest BCUT2D eigenvalue weighted by Gasteiger charge is 2.12. The average molecular weight is 327 g/mol. The Balaban J connectivity index is 2.37. The van der Waals surface area contributed by atoms with Gasteiger partial charge >= 0.3 is 5.97 Å². The SMILES string of the molecule is O=C(O)CC(O)Cn1cnc2ccc(Br)cc2c1=O. The summed E-state index contributed by atoms with van der Waals surface area (Å²) < 4.78 is 1.96. The number of fused-ring (bicyclic) bond motifs is 1. The summed E-state index contributed by atoms with van der Waals surface area (Å²) >= 11 is 3.27. The van der Waals surface area contributed by atoms with Crippen LogP contribution in [0, 0.1) is 0 Å². The summed E-state index contributed by atoms with van der Waals surface area (Å²) in [7, 11) is 0. The van der Waals surface area contributed by atoms with E-state index in [1.807, 2.05) is 0 Å². The molecule has 100 valence electrons. The van der Waals surface area contributed by atoms with Gasteiger partial charge in [0.25, 0.3) is 5.56 Å². The number of aromatic nitrogens is 2. The fourth-order valence-corrected chi connectivity index (χ4v) is 2.12. The molecule has 2 N–H and O–H groups in total. The van der Waals surface area contributed by atoms with E-state index in [4.69, 9.17) is 5.11 Å². The first-order valence-corrected chi connectivity index (χ1v) is 6.31. The number of benzene rings is 1. The van der Waals surface area contributed by atoms with Gasteiger partial charge in [-0.25, -0.2) is 4.98 Å². The summed E-state index contributed by atoms with van der Waals surface area (Å²) in [4.78, 5) is 26.7. The largest absolute Gasteiger partial charge is 0.481 e. The molecule has 6 nitrogen and oxygen atoms in total. The smallest absolute Gasteiger partial charge is 0.306 e. The molecule has 2 aromatic rings. The Bertz CT molecular complexity index is 683. The lowest BCUT2D eigenvalue weighted by Crippen LogP contribution is -2.28. The van der Waals surface area contributed by atoms with Gasteiger partial charge in [0, 0.05) is 4.47 Å². The summed E-state index contributed by atoms with van der Waals surface area (Å²) in [6.07, 6.45) is -0.228. The Morgan fingerprint density at radius 2 is 2.21 bits per heavy atom. The van der Waals surface area contributed by atoms with Gasteiger partial charge in [0.05, 0.1) is 36.3 Å². The second kappa shape index (κ2) is 5.50. The molecule has 0 fully saturated rings. The Kier molecular flexibility index (Phi) is 3.96. The van der Waals surface area contributed by atoms with Crippen molar-refractivity contribution >= 4 is 32.8 Å². The monoisotopic (exact) mass is 326 g/mol. The lowest BCUT2D eigenvalue weighted by atomic mass is 10.2. The number of aliphatic hydroxyl groups is 1. The van der Waals surface area contributed by atoms with Gasteiger partial charge in [-0.15, -0.1) is 0 Å². The zero-order valence-corrected chi connectivity index (χ0v) is 11.4. The molecule has 0 amide bonds. The standard InChI is InChI=1S/C12H11BrN2O4/c13-7-1-2-10-9(3-7)12(19)15(6-14-10)5-8(16)4-11(17)18/h1-3,6,8,16H,4-5H2,(H,17,18). The van der Waals surface area contributed by atoms with Crippen LogP contribution in [0.3, 0.4) is 0 Å². The van der Waals surface area contributed by atoms with E-state index in [0.29, 0.717) is 10.9 Å². The van der Waals surface area contributed by atoms with Crippen molar-refractivity contribution in [3.05, 3.63) is 39.4 Å². The molecular formula is C12H11BrN2O4. The van der Waals surface area contributed by atoms with Crippen molar-refractivity contribution < 1.29 is 15.0 Å². The van der Waals surface area contributed by atoms with Gasteiger partial charge < -0.3 is 10.2 Å². The number of carbonyl (C=O) groups is 1. The Hall–Kier alpha value is -1.73. The average Bonchev–Trinajstić information content (AvgIpc) is 2.32. The number of halogens is 1. The van der Waals surface area contributed by atoms with Crippen molar-refractivity contribution in [1.29, 1.82) is 0 Å². The Morgan fingerprint density at radius 3 is 2.89 bits per heavy atom. The van der Waals surface area contributed by atoms with E-state index in [0.717, 1.165) is 4.47 Å². The number of carboxylic acids is 1. The lowest BCUT2D eigenvalue weighted by Gasteiger charge is -2.10. The molecule has 0 radical (unpaired) electrons. The number of rotatable bonds is 4. The molecule has 19 heavy (non-hydrogen) atoms. The first kappa shape index (κ1) is 13.7. The fraction of sp³-hybridized carbons (Fsp3) is 0.250. The van der Waals surface area contributed by atoms with Crippen molar-refractivity contribution in [1.82, 2.24) is 9.55 Å². The number of hydrogen-bond acceptors (Lipinski definition) is 4. The van der Waals surface area contributed by atoms with Gasteiger partial charge in [0.2, 0.25) is 0 Å². The molecule has 1 unspecified atom stereocenters. The van der Waals surface area contributed by atoms with E-state index < -0.39 is 18.5 Å². The summed E-state index contributed by atoms with van der Waals surface area (Å²) in [6, 6.07) is 5.13. The molecule has 0 aliphatic rings. The minimum atomic E-state index is -1.12. The van der Waals surface area contributed by atoms with E-state index in [9.17, 15) is 14.7 Å². The maximum absolute atomic E-state index is 12.1. The van der Waals surface area contributed by atoms with Gasteiger partial charge in [-0.3, -0.25) is 14.2 Å². The highest BCUT2D eigenvalue weighted by atomic mass is 79.9. The van der Waals surface area contributed by atoms with Gasteiger partial charge in [-0.2, -0.15) is 0 Å². The van der Waals surface area contributed by atoms with Crippen molar-refractivity contribution in [2.45, 2.75) is 19.1 Å². The molecule has 2 rings (SSSR count). The first-order chi connectivity index (χ1) is 8.97. The van der Waals surface area contributed by atoms with Crippen LogP contribution in [0.2, 0.25) is 0 Å². The predicted molar refractivity (Wildman–Crippen MR) is 72.0 cm³/mol. The van der Waals surface area contributed by atoms with Crippen LogP contribution in [0.4, 0.5) is 0 Å². The van der Waals surface area contributed by atoms with Gasteiger partial charge in [0.1, 0.15) is 0 Å². The molecule has 1 atom stereocenters. The fourth-order valence-electron chi connectivity index (χ4n) is 1.75. The topological polar surface area (TPSA) is 92.4 Å². The van der Waals surface area contributed by atoms with Crippen LogP contribution >= 0.6 is 15.9 Å². The van der Waals surface area contributed by atoms with E-state index >= 15 is 0 Å². The normalized spacial score (nSPS) is 12.5. The second-order valence-electron chi connectivity index (χ2n) is 4.12. The van der Waals surface area contributed by atoms with Gasteiger partial charge in [-0.05, 0) is 18.2 Å². The third kappa shape index (κ3) is 3.18. The number of hydrogen-bond donors (Lipinski definition) is 2. The predicted octanol–water partition coefficient (Wildman–Crippen LogP) is 0.995. The quantitative estimate of drug-likeness (QED) is 0.874. The minimum absolute atomic E-state index is 0.0966. The molecule has 1 aromatic heterocycles. The highest BCUT2D eigenvalue weighted by Crippen LogP contribution is 2.14. The molecule has 0 aliphatic carbocycles. The van der Waals surface area contributed by atoms with Crippen molar-refractivity contribution in [3.8, 4) is 0 Å². The van der Waals surface area contributed by atoms with Crippen LogP contribution in [0.1, 0.15) is 6.42 Å². The number of aliphatic hydroxyl groups excluding tert-OH is 1. The number of carboxylic acid groups (broad SMARTS) is 1. The third-order valence-electron chi connectivity index (χ3n) is 2.60. The van der Waals surface area contributed by atoms with Gasteiger partial charge in [-0.1, -0.05) is 15.9 Å². The van der Waals surface area contributed by atoms with Crippen LogP contribution in [-0.2, 0) is 11.3 Å². The third-order valence-corrected chi connectivity index (χ3v) is 3.10. The van der Waals surface area contributed by atoms with Crippen LogP contribution in [-0.4, -0.2) is 31.8 Å². The summed E-state index contributed by atoms with van der Waals surface area (Å²) in [5.74, 6) is -1.11. The van der Waals surface area contributed by atoms with Crippen LogP contribution in [0.25, 0.3) is 10.9 Å². The van der Waals surface area contributed by atoms with Crippen molar-refractivity contribution in [2.75, 3.05) is 0 Å². The Labute approximate surface area is 116 Å². The molecule has 0 bridgehead atoms. The molecule has 0 saturated carbocycles. The zero-order valence-electron chi connectivity index (χ0n) is 9.78. The molecular weight excluding hydrogens is 316 g/mol. The van der Waals surface area contributed by atoms with Crippen molar-refractivity contribution in [2.24, 2.45) is 0 Å². The highest BCUT2D eigenvalue weighted by molar-refractivity contribution is 9.10. The number of aliphatic carboxylic acids is 1. The Morgan fingerprint density at radius 1 is 1.47 bits per heavy atom. The summed E-state index contributed by atoms with van der Waals surface area (Å²) in [6.45, 7) is -0.0966. The summed E-state index contributed by atoms with van der Waals surface area (Å²) in [5, 5.41) is 18.5. The number of nitrogens with zero attached hydrogens (tertiary/aromatic N) is 2. The molecule has 1 heterocycles. The van der Waals surface area contributed by atoms with E-state index in [1.54, 1.807) is 18.2 Å². The molecule has 0 spiro atoms. The second-order valence-corrected chi connectivity index (χ2v) is 5.03. The van der Waals surface area contributed by atoms with Crippen molar-refractivity contribution in [3.63, 3.8) is 0 Å². The minimum Gasteiger partial charge on any atom is -0.481 e. The maximum Gasteiger partial charge on any atom is 0.306 e. The van der Waals surface area contributed by atoms with Gasteiger partial charge in [0.15, 0.2) is 0 Å². The lowest BCUT2D eigenvalue weighted by molar-refractivity contribution is -0.139. The maximum atomic E-state index is 12.1. The first-order valence-electron chi connectivity index (χ1n) is 5.52. The van der Waals surface area contributed by atoms with E-state index in [1.165, 1.54) is 10.9 Å². The van der Waals surface area contributed by atoms with Crippen LogP contribution in [0.15, 0.2) is 33.8 Å². The van der Waals surface area contributed by atoms with E-state index in [-0.39, 0.29) is 12.1 Å². The molecule has 0 aliphatic heterocycles. The van der Waals surface area contributed by atoms with E-state index in [2.05, 4.69) is 20.9 Å². The van der Waals surface area contributed by atoms with Crippen LogP contribution in [0.5, 0.6) is 0 Å². The molecule has 1 aromatic carbocycles. The summed E-state index contributed by atoms with van der Waals surface area (Å²) in [5.41, 5.74) is 0.243.